The van der Waals surface area contributed by atoms with Crippen LogP contribution in [-0.2, 0) is 10.0 Å². The molecule has 0 fully saturated rings. The van der Waals surface area contributed by atoms with Gasteiger partial charge in [0.05, 0.1) is 27.3 Å². The highest BCUT2D eigenvalue weighted by atomic mass is 32.2. The molecule has 2 aromatic heterocycles. The average Bonchev–Trinajstić information content (AvgIpc) is 3.55. The lowest BCUT2D eigenvalue weighted by Gasteiger charge is -2.32. The largest absolute Gasteiger partial charge is 0.278 e. The van der Waals surface area contributed by atoms with E-state index in [0.717, 1.165) is 49.6 Å². The van der Waals surface area contributed by atoms with Crippen molar-refractivity contribution in [1.82, 2.24) is 19.5 Å². The van der Waals surface area contributed by atoms with Crippen molar-refractivity contribution in [3.8, 4) is 51.0 Å². The fraction of sp³-hybridized carbons (Fsp3) is 0. The number of anilines is 2. The average molecular weight is 704 g/mol. The van der Waals surface area contributed by atoms with Crippen LogP contribution in [0, 0.1) is 0 Å². The van der Waals surface area contributed by atoms with E-state index in [1.165, 1.54) is 4.31 Å². The quantitative estimate of drug-likeness (QED) is 0.178. The molecular weight excluding hydrogens is 675 g/mol. The lowest BCUT2D eigenvalue weighted by molar-refractivity contribution is 0.596. The van der Waals surface area contributed by atoms with Crippen LogP contribution < -0.4 is 4.31 Å². The second-order valence-electron chi connectivity index (χ2n) is 12.9. The van der Waals surface area contributed by atoms with Gasteiger partial charge in [-0.2, -0.15) is 9.97 Å². The molecule has 0 N–H and O–H groups in total. The molecule has 53 heavy (non-hydrogen) atoms. The van der Waals surface area contributed by atoms with Crippen LogP contribution in [-0.4, -0.2) is 27.9 Å². The van der Waals surface area contributed by atoms with Crippen molar-refractivity contribution in [2.45, 2.75) is 4.90 Å². The number of para-hydroxylation sites is 2. The topological polar surface area (TPSA) is 81.0 Å². The molecule has 3 heterocycles. The number of nitrogens with zero attached hydrogens (tertiary/aromatic N) is 5. The molecule has 0 radical (unpaired) electrons. The Hall–Kier alpha value is -6.90. The third-order valence-corrected chi connectivity index (χ3v) is 11.6. The summed E-state index contributed by atoms with van der Waals surface area (Å²) < 4.78 is 31.6. The molecule has 10 rings (SSSR count). The number of rotatable bonds is 5. The van der Waals surface area contributed by atoms with Crippen LogP contribution in [0.4, 0.5) is 11.4 Å². The summed E-state index contributed by atoms with van der Waals surface area (Å²) in [4.78, 5) is 15.3. The molecule has 7 nitrogen and oxygen atoms in total. The molecule has 0 saturated heterocycles. The number of sulfonamides is 1. The Balaban J connectivity index is 1.16. The van der Waals surface area contributed by atoms with Crippen LogP contribution in [0.5, 0.6) is 0 Å². The Bertz CT molecular complexity index is 2910. The maximum absolute atomic E-state index is 14.0. The van der Waals surface area contributed by atoms with Gasteiger partial charge in [0.15, 0.2) is 11.6 Å². The summed E-state index contributed by atoms with van der Waals surface area (Å²) in [5, 5.41) is 2.12. The number of aromatic nitrogens is 4. The van der Waals surface area contributed by atoms with Gasteiger partial charge in [-0.05, 0) is 59.7 Å². The van der Waals surface area contributed by atoms with Gasteiger partial charge < -0.3 is 0 Å². The fourth-order valence-corrected chi connectivity index (χ4v) is 9.08. The summed E-state index contributed by atoms with van der Waals surface area (Å²) in [5.74, 6) is 1.72. The van der Waals surface area contributed by atoms with Crippen LogP contribution in [0.15, 0.2) is 181 Å². The van der Waals surface area contributed by atoms with E-state index in [2.05, 4.69) is 41.0 Å². The molecule has 0 bridgehead atoms. The van der Waals surface area contributed by atoms with E-state index in [1.54, 1.807) is 12.1 Å². The number of fused-ring (bicyclic) bond motifs is 6. The van der Waals surface area contributed by atoms with Crippen molar-refractivity contribution in [2.75, 3.05) is 4.31 Å². The SMILES string of the molecule is O=S1(=O)c2ccccc2-c2cc(-c3ccc4c(c3)c3ccccc3n4-c3nc(-c4ccccc4)nc(-c4ccccc4)n3)ccc2N1c1ccccc1. The summed E-state index contributed by atoms with van der Waals surface area (Å²) in [6.45, 7) is 0. The van der Waals surface area contributed by atoms with Gasteiger partial charge in [-0.3, -0.25) is 4.57 Å². The zero-order valence-electron chi connectivity index (χ0n) is 28.2. The van der Waals surface area contributed by atoms with Gasteiger partial charge in [-0.15, -0.1) is 0 Å². The Kier molecular flexibility index (Phi) is 7.06. The van der Waals surface area contributed by atoms with E-state index in [4.69, 9.17) is 15.0 Å². The van der Waals surface area contributed by atoms with Crippen molar-refractivity contribution in [3.63, 3.8) is 0 Å². The predicted molar refractivity (Wildman–Crippen MR) is 212 cm³/mol. The van der Waals surface area contributed by atoms with E-state index in [-0.39, 0.29) is 4.90 Å². The molecule has 7 aromatic carbocycles. The molecule has 8 heteroatoms. The molecule has 1 aliphatic rings. The Morgan fingerprint density at radius 2 is 1.00 bits per heavy atom. The molecule has 9 aromatic rings. The summed E-state index contributed by atoms with van der Waals surface area (Å²) in [6.07, 6.45) is 0. The summed E-state index contributed by atoms with van der Waals surface area (Å²) in [7, 11) is -3.83. The molecule has 0 unspecified atom stereocenters. The van der Waals surface area contributed by atoms with Crippen molar-refractivity contribution in [2.24, 2.45) is 0 Å². The Morgan fingerprint density at radius 1 is 0.434 bits per heavy atom. The number of hydrogen-bond acceptors (Lipinski definition) is 5. The monoisotopic (exact) mass is 703 g/mol. The van der Waals surface area contributed by atoms with Crippen LogP contribution in [0.25, 0.3) is 72.8 Å². The maximum atomic E-state index is 14.0. The summed E-state index contributed by atoms with van der Waals surface area (Å²) in [5.41, 5.74) is 8.49. The van der Waals surface area contributed by atoms with Gasteiger partial charge in [0, 0.05) is 33.0 Å². The molecular formula is C45H29N5O2S. The zero-order chi connectivity index (χ0) is 35.5. The fourth-order valence-electron chi connectivity index (χ4n) is 7.36. The highest BCUT2D eigenvalue weighted by Gasteiger charge is 2.36. The number of benzene rings is 7. The minimum absolute atomic E-state index is 0.286. The molecule has 0 atom stereocenters. The third kappa shape index (κ3) is 5.03. The standard InChI is InChI=1S/C45H29N5O2S/c51-53(52)42-23-13-11-21-36(42)38-29-33(25-27-41(38)50(53)34-18-8-3-9-19-34)32-24-26-40-37(28-32)35-20-10-12-22-39(35)49(40)45-47-43(30-14-4-1-5-15-30)46-44(48-45)31-16-6-2-7-17-31/h1-29H. The minimum atomic E-state index is -3.83. The van der Waals surface area contributed by atoms with Gasteiger partial charge >= 0.3 is 0 Å². The van der Waals surface area contributed by atoms with Crippen LogP contribution in [0.3, 0.4) is 0 Å². The normalized spacial score (nSPS) is 13.2. The lowest BCUT2D eigenvalue weighted by atomic mass is 9.96. The second-order valence-corrected chi connectivity index (χ2v) is 14.7. The Morgan fingerprint density at radius 3 is 1.72 bits per heavy atom. The first kappa shape index (κ1) is 30.9. The third-order valence-electron chi connectivity index (χ3n) is 9.80. The predicted octanol–water partition coefficient (Wildman–Crippen LogP) is 10.5. The maximum Gasteiger partial charge on any atom is 0.269 e. The van der Waals surface area contributed by atoms with Crippen molar-refractivity contribution >= 4 is 43.2 Å². The van der Waals surface area contributed by atoms with Crippen LogP contribution in [0.2, 0.25) is 0 Å². The number of hydrogen-bond donors (Lipinski definition) is 0. The van der Waals surface area contributed by atoms with Crippen molar-refractivity contribution in [3.05, 3.63) is 176 Å². The molecule has 1 aliphatic heterocycles. The molecule has 0 aliphatic carbocycles. The highest BCUT2D eigenvalue weighted by Crippen LogP contribution is 2.48. The zero-order valence-corrected chi connectivity index (χ0v) is 29.0. The van der Waals surface area contributed by atoms with Gasteiger partial charge in [0.25, 0.3) is 10.0 Å². The first-order valence-electron chi connectivity index (χ1n) is 17.3. The highest BCUT2D eigenvalue weighted by molar-refractivity contribution is 7.93. The smallest absolute Gasteiger partial charge is 0.269 e. The molecule has 252 valence electrons. The van der Waals surface area contributed by atoms with Crippen molar-refractivity contribution in [1.29, 1.82) is 0 Å². The van der Waals surface area contributed by atoms with E-state index in [0.29, 0.717) is 34.5 Å². The first-order chi connectivity index (χ1) is 26.0. The van der Waals surface area contributed by atoms with Crippen molar-refractivity contribution < 1.29 is 8.42 Å². The van der Waals surface area contributed by atoms with Gasteiger partial charge in [0.1, 0.15) is 0 Å². The minimum Gasteiger partial charge on any atom is -0.278 e. The molecule has 0 saturated carbocycles. The first-order valence-corrected chi connectivity index (χ1v) is 18.7. The van der Waals surface area contributed by atoms with E-state index in [1.807, 2.05) is 127 Å². The van der Waals surface area contributed by atoms with E-state index in [9.17, 15) is 8.42 Å². The summed E-state index contributed by atoms with van der Waals surface area (Å²) >= 11 is 0. The molecule has 0 amide bonds. The summed E-state index contributed by atoms with van der Waals surface area (Å²) in [6, 6.07) is 57.2. The molecule has 0 spiro atoms. The van der Waals surface area contributed by atoms with Crippen LogP contribution in [0.1, 0.15) is 0 Å². The lowest BCUT2D eigenvalue weighted by Crippen LogP contribution is -2.30. The van der Waals surface area contributed by atoms with Gasteiger partial charge in [-0.1, -0.05) is 127 Å². The van der Waals surface area contributed by atoms with E-state index < -0.39 is 10.0 Å². The Labute approximate surface area is 306 Å². The van der Waals surface area contributed by atoms with Gasteiger partial charge in [0.2, 0.25) is 5.95 Å². The van der Waals surface area contributed by atoms with Crippen LogP contribution >= 0.6 is 0 Å². The second kappa shape index (κ2) is 12.1. The van der Waals surface area contributed by atoms with E-state index >= 15 is 0 Å². The van der Waals surface area contributed by atoms with Gasteiger partial charge in [-0.25, -0.2) is 17.7 Å².